The molecule has 4 nitrogen and oxygen atoms in total. The van der Waals surface area contributed by atoms with E-state index >= 15 is 0 Å². The standard InChI is InChI=1S/C15H20N2O2S/c18-13(14(19)17-11-5-6-11)16-10-15(7-1-2-8-15)12-4-3-9-20-12/h3-4,9,11H,1-2,5-8,10H2,(H,16,18)(H,17,19). The molecular formula is C15H20N2O2S. The molecule has 1 aromatic heterocycles. The van der Waals surface area contributed by atoms with Crippen molar-refractivity contribution in [1.82, 2.24) is 10.6 Å². The highest BCUT2D eigenvalue weighted by Gasteiger charge is 2.37. The number of thiophene rings is 1. The molecule has 3 rings (SSSR count). The van der Waals surface area contributed by atoms with Crippen LogP contribution < -0.4 is 10.6 Å². The highest BCUT2D eigenvalue weighted by Crippen LogP contribution is 2.42. The van der Waals surface area contributed by atoms with Gasteiger partial charge in [0.2, 0.25) is 0 Å². The number of rotatable bonds is 4. The van der Waals surface area contributed by atoms with Gasteiger partial charge in [0.15, 0.2) is 0 Å². The van der Waals surface area contributed by atoms with Crippen LogP contribution in [0.15, 0.2) is 17.5 Å². The van der Waals surface area contributed by atoms with Gasteiger partial charge >= 0.3 is 11.8 Å². The van der Waals surface area contributed by atoms with E-state index < -0.39 is 11.8 Å². The molecule has 1 aromatic rings. The van der Waals surface area contributed by atoms with Crippen molar-refractivity contribution in [2.24, 2.45) is 0 Å². The molecule has 1 heterocycles. The lowest BCUT2D eigenvalue weighted by molar-refractivity contribution is -0.139. The van der Waals surface area contributed by atoms with Crippen LogP contribution in [0.25, 0.3) is 0 Å². The van der Waals surface area contributed by atoms with Crippen molar-refractivity contribution in [2.45, 2.75) is 50.0 Å². The topological polar surface area (TPSA) is 58.2 Å². The van der Waals surface area contributed by atoms with Crippen molar-refractivity contribution in [1.29, 1.82) is 0 Å². The molecule has 0 saturated heterocycles. The summed E-state index contributed by atoms with van der Waals surface area (Å²) >= 11 is 1.75. The Morgan fingerprint density at radius 1 is 1.25 bits per heavy atom. The summed E-state index contributed by atoms with van der Waals surface area (Å²) in [6, 6.07) is 4.43. The molecule has 0 atom stereocenters. The van der Waals surface area contributed by atoms with E-state index in [0.717, 1.165) is 25.7 Å². The lowest BCUT2D eigenvalue weighted by Crippen LogP contribution is -2.45. The molecule has 2 N–H and O–H groups in total. The number of nitrogens with one attached hydrogen (secondary N) is 2. The molecule has 0 bridgehead atoms. The Bertz CT molecular complexity index is 488. The quantitative estimate of drug-likeness (QED) is 0.833. The van der Waals surface area contributed by atoms with Crippen LogP contribution in [0.2, 0.25) is 0 Å². The number of hydrogen-bond acceptors (Lipinski definition) is 3. The van der Waals surface area contributed by atoms with Crippen molar-refractivity contribution >= 4 is 23.2 Å². The van der Waals surface area contributed by atoms with Crippen LogP contribution in [-0.2, 0) is 15.0 Å². The van der Waals surface area contributed by atoms with E-state index in [1.165, 1.54) is 17.7 Å². The van der Waals surface area contributed by atoms with Crippen LogP contribution in [0.5, 0.6) is 0 Å². The number of carbonyl (C=O) groups excluding carboxylic acids is 2. The zero-order valence-corrected chi connectivity index (χ0v) is 12.3. The van der Waals surface area contributed by atoms with E-state index in [9.17, 15) is 9.59 Å². The largest absolute Gasteiger partial charge is 0.347 e. The normalized spacial score (nSPS) is 20.6. The number of carbonyl (C=O) groups is 2. The third-order valence-corrected chi connectivity index (χ3v) is 5.43. The Labute approximate surface area is 122 Å². The maximum absolute atomic E-state index is 11.9. The Morgan fingerprint density at radius 3 is 2.60 bits per heavy atom. The van der Waals surface area contributed by atoms with Gasteiger partial charge in [0, 0.05) is 22.9 Å². The van der Waals surface area contributed by atoms with Crippen LogP contribution in [0, 0.1) is 0 Å². The summed E-state index contributed by atoms with van der Waals surface area (Å²) in [6.07, 6.45) is 6.58. The first kappa shape index (κ1) is 13.6. The Kier molecular flexibility index (Phi) is 3.78. The SMILES string of the molecule is O=C(NCC1(c2cccs2)CCCC1)C(=O)NC1CC1. The molecule has 2 amide bonds. The van der Waals surface area contributed by atoms with Gasteiger partial charge in [-0.15, -0.1) is 11.3 Å². The van der Waals surface area contributed by atoms with Crippen molar-refractivity contribution < 1.29 is 9.59 Å². The molecule has 0 aromatic carbocycles. The van der Waals surface area contributed by atoms with E-state index in [-0.39, 0.29) is 11.5 Å². The van der Waals surface area contributed by atoms with Gasteiger partial charge in [-0.1, -0.05) is 18.9 Å². The Balaban J connectivity index is 1.60. The predicted octanol–water partition coefficient (Wildman–Crippen LogP) is 1.95. The molecule has 20 heavy (non-hydrogen) atoms. The Hall–Kier alpha value is -1.36. The molecule has 5 heteroatoms. The van der Waals surface area contributed by atoms with E-state index in [4.69, 9.17) is 0 Å². The van der Waals surface area contributed by atoms with E-state index in [2.05, 4.69) is 28.1 Å². The molecule has 2 aliphatic carbocycles. The van der Waals surface area contributed by atoms with Gasteiger partial charge in [0.05, 0.1) is 0 Å². The third kappa shape index (κ3) is 2.87. The van der Waals surface area contributed by atoms with Crippen LogP contribution in [0.3, 0.4) is 0 Å². The second-order valence-corrected chi connectivity index (χ2v) is 6.84. The minimum absolute atomic E-state index is 0.0453. The fourth-order valence-electron chi connectivity index (χ4n) is 2.95. The van der Waals surface area contributed by atoms with Crippen molar-refractivity contribution in [3.63, 3.8) is 0 Å². The van der Waals surface area contributed by atoms with Crippen LogP contribution in [-0.4, -0.2) is 24.4 Å². The molecule has 2 fully saturated rings. The first-order chi connectivity index (χ1) is 9.70. The summed E-state index contributed by atoms with van der Waals surface area (Å²) in [5, 5.41) is 7.65. The summed E-state index contributed by atoms with van der Waals surface area (Å²) in [7, 11) is 0. The zero-order valence-electron chi connectivity index (χ0n) is 11.5. The highest BCUT2D eigenvalue weighted by molar-refractivity contribution is 7.10. The molecular weight excluding hydrogens is 272 g/mol. The fraction of sp³-hybridized carbons (Fsp3) is 0.600. The first-order valence-corrected chi connectivity index (χ1v) is 8.20. The molecule has 0 radical (unpaired) electrons. The summed E-state index contributed by atoms with van der Waals surface area (Å²) in [5.41, 5.74) is 0.0453. The first-order valence-electron chi connectivity index (χ1n) is 7.32. The van der Waals surface area contributed by atoms with Crippen LogP contribution >= 0.6 is 11.3 Å². The summed E-state index contributed by atoms with van der Waals surface area (Å²) in [4.78, 5) is 24.9. The van der Waals surface area contributed by atoms with Gasteiger partial charge in [0.1, 0.15) is 0 Å². The highest BCUT2D eigenvalue weighted by atomic mass is 32.1. The second kappa shape index (κ2) is 5.56. The maximum atomic E-state index is 11.9. The number of hydrogen-bond donors (Lipinski definition) is 2. The second-order valence-electron chi connectivity index (χ2n) is 5.90. The molecule has 0 spiro atoms. The van der Waals surface area contributed by atoms with Gasteiger partial charge in [-0.25, -0.2) is 0 Å². The van der Waals surface area contributed by atoms with Gasteiger partial charge in [-0.2, -0.15) is 0 Å². The molecule has 2 saturated carbocycles. The monoisotopic (exact) mass is 292 g/mol. The Morgan fingerprint density at radius 2 is 2.00 bits per heavy atom. The van der Waals surface area contributed by atoms with Crippen molar-refractivity contribution in [3.05, 3.63) is 22.4 Å². The lowest BCUT2D eigenvalue weighted by atomic mass is 9.84. The van der Waals surface area contributed by atoms with Gasteiger partial charge in [-0.3, -0.25) is 9.59 Å². The van der Waals surface area contributed by atoms with Gasteiger partial charge < -0.3 is 10.6 Å². The molecule has 0 aliphatic heterocycles. The summed E-state index contributed by atoms with van der Waals surface area (Å²) in [6.45, 7) is 0.574. The average Bonchev–Trinajstić information content (AvgIpc) is 2.97. The average molecular weight is 292 g/mol. The zero-order chi connectivity index (χ0) is 14.0. The predicted molar refractivity (Wildman–Crippen MR) is 78.6 cm³/mol. The molecule has 0 unspecified atom stereocenters. The number of amides is 2. The third-order valence-electron chi connectivity index (χ3n) is 4.31. The van der Waals surface area contributed by atoms with Gasteiger partial charge in [-0.05, 0) is 37.1 Å². The van der Waals surface area contributed by atoms with Crippen molar-refractivity contribution in [3.8, 4) is 0 Å². The minimum atomic E-state index is -0.486. The van der Waals surface area contributed by atoms with Gasteiger partial charge in [0.25, 0.3) is 0 Å². The fourth-order valence-corrected chi connectivity index (χ4v) is 3.94. The smallest absolute Gasteiger partial charge is 0.309 e. The summed E-state index contributed by atoms with van der Waals surface area (Å²) < 4.78 is 0. The molecule has 108 valence electrons. The maximum Gasteiger partial charge on any atom is 0.309 e. The van der Waals surface area contributed by atoms with Crippen LogP contribution in [0.4, 0.5) is 0 Å². The van der Waals surface area contributed by atoms with E-state index in [1.807, 2.05) is 0 Å². The van der Waals surface area contributed by atoms with E-state index in [0.29, 0.717) is 6.54 Å². The summed E-state index contributed by atoms with van der Waals surface area (Å²) in [5.74, 6) is -0.966. The van der Waals surface area contributed by atoms with Crippen molar-refractivity contribution in [2.75, 3.05) is 6.54 Å². The minimum Gasteiger partial charge on any atom is -0.347 e. The van der Waals surface area contributed by atoms with E-state index in [1.54, 1.807) is 11.3 Å². The lowest BCUT2D eigenvalue weighted by Gasteiger charge is -2.28. The molecule has 2 aliphatic rings. The van der Waals surface area contributed by atoms with Crippen LogP contribution in [0.1, 0.15) is 43.4 Å².